The number of rotatable bonds is 6. The number of likely N-dealkylation sites (tertiary alicyclic amines) is 1. The zero-order chi connectivity index (χ0) is 15.5. The molecule has 1 atom stereocenters. The van der Waals surface area contributed by atoms with Crippen molar-refractivity contribution in [3.05, 3.63) is 29.8 Å². The van der Waals surface area contributed by atoms with Crippen molar-refractivity contribution in [3.63, 3.8) is 0 Å². The minimum Gasteiger partial charge on any atom is -0.389 e. The maximum Gasteiger partial charge on any atom is 0.240 e. The summed E-state index contributed by atoms with van der Waals surface area (Å²) in [6.45, 7) is 5.59. The Morgan fingerprint density at radius 2 is 2.29 bits per heavy atom. The van der Waals surface area contributed by atoms with Crippen LogP contribution in [0, 0.1) is 5.92 Å². The van der Waals surface area contributed by atoms with Crippen LogP contribution in [0.1, 0.15) is 18.9 Å². The first-order chi connectivity index (χ1) is 9.92. The molecule has 0 aliphatic carbocycles. The second kappa shape index (κ2) is 6.83. The largest absolute Gasteiger partial charge is 0.389 e. The fourth-order valence-electron chi connectivity index (χ4n) is 2.49. The summed E-state index contributed by atoms with van der Waals surface area (Å²) in [6.07, 6.45) is 1.03. The summed E-state index contributed by atoms with van der Waals surface area (Å²) in [5, 5.41) is 0. The Kier molecular flexibility index (Phi) is 5.32. The van der Waals surface area contributed by atoms with E-state index >= 15 is 0 Å². The Balaban J connectivity index is 2.02. The summed E-state index contributed by atoms with van der Waals surface area (Å²) in [6, 6.07) is 6.42. The van der Waals surface area contributed by atoms with Crippen LogP contribution in [-0.2, 0) is 10.0 Å². The van der Waals surface area contributed by atoms with E-state index in [1.807, 2.05) is 0 Å². The molecule has 0 aromatic heterocycles. The van der Waals surface area contributed by atoms with Gasteiger partial charge in [0, 0.05) is 18.7 Å². The Labute approximate surface area is 131 Å². The van der Waals surface area contributed by atoms with E-state index < -0.39 is 10.0 Å². The van der Waals surface area contributed by atoms with Gasteiger partial charge in [0.05, 0.1) is 4.90 Å². The minimum absolute atomic E-state index is 0.196. The molecule has 5 nitrogen and oxygen atoms in total. The molecule has 1 heterocycles. The van der Waals surface area contributed by atoms with Crippen molar-refractivity contribution in [2.45, 2.75) is 18.2 Å². The lowest BCUT2D eigenvalue weighted by Gasteiger charge is -2.14. The quantitative estimate of drug-likeness (QED) is 0.761. The summed E-state index contributed by atoms with van der Waals surface area (Å²) < 4.78 is 27.3. The molecule has 0 radical (unpaired) electrons. The lowest BCUT2D eigenvalue weighted by Crippen LogP contribution is -2.31. The van der Waals surface area contributed by atoms with Crippen molar-refractivity contribution in [2.24, 2.45) is 11.7 Å². The van der Waals surface area contributed by atoms with Gasteiger partial charge in [0.15, 0.2) is 0 Å². The topological polar surface area (TPSA) is 75.4 Å². The van der Waals surface area contributed by atoms with Crippen LogP contribution in [-0.4, -0.2) is 44.5 Å². The molecule has 0 spiro atoms. The molecule has 2 rings (SSSR count). The Hall–Kier alpha value is -1.02. The van der Waals surface area contributed by atoms with E-state index in [-0.39, 0.29) is 9.88 Å². The zero-order valence-corrected chi connectivity index (χ0v) is 13.7. The van der Waals surface area contributed by atoms with Crippen LogP contribution in [0.5, 0.6) is 0 Å². The van der Waals surface area contributed by atoms with Gasteiger partial charge in [-0.2, -0.15) is 0 Å². The number of hydrogen-bond acceptors (Lipinski definition) is 4. The molecule has 3 N–H and O–H groups in total. The molecule has 1 fully saturated rings. The number of benzene rings is 1. The number of nitrogens with one attached hydrogen (secondary N) is 1. The minimum atomic E-state index is -3.51. The van der Waals surface area contributed by atoms with Gasteiger partial charge in [-0.1, -0.05) is 31.3 Å². The summed E-state index contributed by atoms with van der Waals surface area (Å²) in [5.41, 5.74) is 6.10. The Bertz CT molecular complexity index is 616. The first-order valence-electron chi connectivity index (χ1n) is 7.04. The summed E-state index contributed by atoms with van der Waals surface area (Å²) >= 11 is 4.88. The third-order valence-corrected chi connectivity index (χ3v) is 5.47. The fraction of sp³-hybridized carbons (Fsp3) is 0.500. The normalized spacial score (nSPS) is 19.8. The maximum atomic E-state index is 12.3. The third kappa shape index (κ3) is 4.23. The molecule has 0 amide bonds. The first kappa shape index (κ1) is 16.4. The summed E-state index contributed by atoms with van der Waals surface area (Å²) in [4.78, 5) is 2.73. The van der Waals surface area contributed by atoms with Crippen molar-refractivity contribution in [3.8, 4) is 0 Å². The van der Waals surface area contributed by atoms with E-state index in [9.17, 15) is 8.42 Å². The van der Waals surface area contributed by atoms with Crippen LogP contribution in [0.15, 0.2) is 29.2 Å². The smallest absolute Gasteiger partial charge is 0.240 e. The van der Waals surface area contributed by atoms with Crippen LogP contribution < -0.4 is 10.5 Å². The number of nitrogens with zero attached hydrogens (tertiary/aromatic N) is 1. The average molecular weight is 327 g/mol. The van der Waals surface area contributed by atoms with E-state index in [2.05, 4.69) is 16.5 Å². The Morgan fingerprint density at radius 1 is 1.52 bits per heavy atom. The molecule has 0 saturated carbocycles. The highest BCUT2D eigenvalue weighted by Gasteiger charge is 2.23. The van der Waals surface area contributed by atoms with Crippen molar-refractivity contribution in [2.75, 3.05) is 26.2 Å². The second-order valence-electron chi connectivity index (χ2n) is 5.29. The molecule has 7 heteroatoms. The monoisotopic (exact) mass is 327 g/mol. The van der Waals surface area contributed by atoms with Gasteiger partial charge in [-0.3, -0.25) is 0 Å². The summed E-state index contributed by atoms with van der Waals surface area (Å²) in [5.74, 6) is 0.374. The predicted octanol–water partition coefficient (Wildman–Crippen LogP) is 0.941. The van der Waals surface area contributed by atoms with Gasteiger partial charge in [-0.25, -0.2) is 13.1 Å². The van der Waals surface area contributed by atoms with Crippen molar-refractivity contribution >= 4 is 27.2 Å². The van der Waals surface area contributed by atoms with E-state index in [1.165, 1.54) is 6.07 Å². The molecule has 1 aliphatic rings. The molecule has 1 aromatic carbocycles. The molecule has 1 saturated heterocycles. The van der Waals surface area contributed by atoms with E-state index in [0.717, 1.165) is 26.1 Å². The lowest BCUT2D eigenvalue weighted by atomic mass is 10.1. The van der Waals surface area contributed by atoms with Gasteiger partial charge in [0.25, 0.3) is 0 Å². The third-order valence-electron chi connectivity index (χ3n) is 3.81. The van der Waals surface area contributed by atoms with Gasteiger partial charge in [0.2, 0.25) is 10.0 Å². The molecule has 1 aliphatic heterocycles. The van der Waals surface area contributed by atoms with Crippen LogP contribution in [0.4, 0.5) is 0 Å². The maximum absolute atomic E-state index is 12.3. The zero-order valence-electron chi connectivity index (χ0n) is 12.1. The molecular weight excluding hydrogens is 306 g/mol. The van der Waals surface area contributed by atoms with E-state index in [1.54, 1.807) is 18.2 Å². The van der Waals surface area contributed by atoms with Gasteiger partial charge in [-0.15, -0.1) is 0 Å². The predicted molar refractivity (Wildman–Crippen MR) is 87.7 cm³/mol. The highest BCUT2D eigenvalue weighted by molar-refractivity contribution is 7.89. The lowest BCUT2D eigenvalue weighted by molar-refractivity contribution is 0.342. The summed E-state index contributed by atoms with van der Waals surface area (Å²) in [7, 11) is -3.51. The van der Waals surface area contributed by atoms with Crippen LogP contribution in [0.3, 0.4) is 0 Å². The Morgan fingerprint density at radius 3 is 2.90 bits per heavy atom. The SMILES string of the molecule is CCN1CCC(CNS(=O)(=O)c2cccc(C(N)=S)c2)C1. The van der Waals surface area contributed by atoms with Gasteiger partial charge in [-0.05, 0) is 37.6 Å². The number of hydrogen-bond donors (Lipinski definition) is 2. The van der Waals surface area contributed by atoms with Gasteiger partial charge >= 0.3 is 0 Å². The molecular formula is C14H21N3O2S2. The van der Waals surface area contributed by atoms with Crippen LogP contribution in [0.2, 0.25) is 0 Å². The van der Waals surface area contributed by atoms with Crippen LogP contribution >= 0.6 is 12.2 Å². The molecule has 1 unspecified atom stereocenters. The van der Waals surface area contributed by atoms with Crippen molar-refractivity contribution < 1.29 is 8.42 Å². The first-order valence-corrected chi connectivity index (χ1v) is 8.93. The second-order valence-corrected chi connectivity index (χ2v) is 7.50. The average Bonchev–Trinajstić information content (AvgIpc) is 2.93. The highest BCUT2D eigenvalue weighted by atomic mass is 32.2. The molecule has 21 heavy (non-hydrogen) atoms. The van der Waals surface area contributed by atoms with Crippen LogP contribution in [0.25, 0.3) is 0 Å². The standard InChI is InChI=1S/C14H21N3O2S2/c1-2-17-7-6-11(10-17)9-16-21(18,19)13-5-3-4-12(8-13)14(15)20/h3-5,8,11,16H,2,6-7,9-10H2,1H3,(H2,15,20). The van der Waals surface area contributed by atoms with E-state index in [4.69, 9.17) is 18.0 Å². The van der Waals surface area contributed by atoms with E-state index in [0.29, 0.717) is 18.0 Å². The molecule has 0 bridgehead atoms. The van der Waals surface area contributed by atoms with Crippen molar-refractivity contribution in [1.29, 1.82) is 0 Å². The fourth-order valence-corrected chi connectivity index (χ4v) is 3.78. The van der Waals surface area contributed by atoms with Gasteiger partial charge in [0.1, 0.15) is 4.99 Å². The number of nitrogens with two attached hydrogens (primary N) is 1. The number of thiocarbonyl (C=S) groups is 1. The van der Waals surface area contributed by atoms with Gasteiger partial charge < -0.3 is 10.6 Å². The number of sulfonamides is 1. The molecule has 1 aromatic rings. The highest BCUT2D eigenvalue weighted by Crippen LogP contribution is 2.16. The van der Waals surface area contributed by atoms with Crippen molar-refractivity contribution in [1.82, 2.24) is 9.62 Å². The molecule has 116 valence electrons.